The average Bonchev–Trinajstić information content (AvgIpc) is 2.60. The number of nitrogens with zero attached hydrogens (tertiary/aromatic N) is 2. The van der Waals surface area contributed by atoms with Crippen LogP contribution in [0.15, 0.2) is 22.7 Å². The van der Waals surface area contributed by atoms with Crippen molar-refractivity contribution in [2.24, 2.45) is 0 Å². The van der Waals surface area contributed by atoms with Gasteiger partial charge in [0.15, 0.2) is 0 Å². The second-order valence-electron chi connectivity index (χ2n) is 4.61. The van der Waals surface area contributed by atoms with Gasteiger partial charge in [-0.25, -0.2) is 0 Å². The molecular formula is C14H14BrClN2O2. The summed E-state index contributed by atoms with van der Waals surface area (Å²) in [5.41, 5.74) is 3.33. The van der Waals surface area contributed by atoms with Gasteiger partial charge in [-0.15, -0.1) is 0 Å². The summed E-state index contributed by atoms with van der Waals surface area (Å²) in [6, 6.07) is 5.69. The molecule has 4 nitrogen and oxygen atoms in total. The van der Waals surface area contributed by atoms with Crippen LogP contribution in [0.2, 0.25) is 5.02 Å². The molecule has 0 bridgehead atoms. The minimum atomic E-state index is -0.850. The smallest absolute Gasteiger partial charge is 0.307 e. The fraction of sp³-hybridized carbons (Fsp3) is 0.286. The quantitative estimate of drug-likeness (QED) is 0.910. The highest BCUT2D eigenvalue weighted by Gasteiger charge is 2.15. The summed E-state index contributed by atoms with van der Waals surface area (Å²) in [6.07, 6.45) is -0.00820. The molecule has 2 rings (SSSR count). The van der Waals surface area contributed by atoms with E-state index in [1.807, 2.05) is 32.0 Å². The Morgan fingerprint density at radius 3 is 2.75 bits per heavy atom. The van der Waals surface area contributed by atoms with Crippen LogP contribution in [0.3, 0.4) is 0 Å². The molecule has 0 aliphatic heterocycles. The van der Waals surface area contributed by atoms with Crippen molar-refractivity contribution >= 4 is 33.5 Å². The first-order chi connectivity index (χ1) is 9.38. The molecule has 0 aliphatic carbocycles. The zero-order valence-corrected chi connectivity index (χ0v) is 13.5. The summed E-state index contributed by atoms with van der Waals surface area (Å²) < 4.78 is 2.72. The van der Waals surface area contributed by atoms with Crippen LogP contribution in [0, 0.1) is 13.8 Å². The highest BCUT2D eigenvalue weighted by atomic mass is 79.9. The van der Waals surface area contributed by atoms with Gasteiger partial charge in [0.05, 0.1) is 18.7 Å². The van der Waals surface area contributed by atoms with E-state index in [-0.39, 0.29) is 6.42 Å². The van der Waals surface area contributed by atoms with E-state index in [1.54, 1.807) is 4.68 Å². The predicted octanol–water partition coefficient (Wildman–Crippen LogP) is 3.59. The minimum Gasteiger partial charge on any atom is -0.481 e. The molecule has 0 saturated heterocycles. The standard InChI is InChI=1S/C14H14BrClN2O2/c1-8-12(6-14(19)20)9(2)18(17-8)7-10-3-4-11(15)5-13(10)16/h3-5H,6-7H2,1-2H3,(H,19,20). The molecule has 20 heavy (non-hydrogen) atoms. The first-order valence-electron chi connectivity index (χ1n) is 6.07. The molecule has 0 atom stereocenters. The Bertz CT molecular complexity index is 667. The number of hydrogen-bond acceptors (Lipinski definition) is 2. The summed E-state index contributed by atoms with van der Waals surface area (Å²) in [5.74, 6) is -0.850. The molecule has 1 aromatic carbocycles. The zero-order chi connectivity index (χ0) is 14.9. The van der Waals surface area contributed by atoms with Gasteiger partial charge in [0.1, 0.15) is 0 Å². The van der Waals surface area contributed by atoms with Crippen molar-refractivity contribution < 1.29 is 9.90 Å². The largest absolute Gasteiger partial charge is 0.481 e. The molecular weight excluding hydrogens is 344 g/mol. The number of benzene rings is 1. The molecule has 106 valence electrons. The van der Waals surface area contributed by atoms with Crippen LogP contribution in [-0.2, 0) is 17.8 Å². The molecule has 0 aliphatic rings. The molecule has 2 aromatic rings. The fourth-order valence-electron chi connectivity index (χ4n) is 2.11. The number of halogens is 2. The van der Waals surface area contributed by atoms with E-state index in [9.17, 15) is 4.79 Å². The van der Waals surface area contributed by atoms with Gasteiger partial charge in [0, 0.05) is 20.8 Å². The summed E-state index contributed by atoms with van der Waals surface area (Å²) in [4.78, 5) is 10.9. The Morgan fingerprint density at radius 1 is 1.45 bits per heavy atom. The topological polar surface area (TPSA) is 55.1 Å². The Balaban J connectivity index is 2.32. The van der Waals surface area contributed by atoms with Crippen molar-refractivity contribution in [3.05, 3.63) is 50.2 Å². The Kier molecular flexibility index (Phi) is 4.50. The van der Waals surface area contributed by atoms with Crippen molar-refractivity contribution in [1.29, 1.82) is 0 Å². The number of aliphatic carboxylic acids is 1. The third-order valence-corrected chi connectivity index (χ3v) is 4.04. The lowest BCUT2D eigenvalue weighted by Gasteiger charge is -2.07. The second-order valence-corrected chi connectivity index (χ2v) is 5.94. The molecule has 0 unspecified atom stereocenters. The van der Waals surface area contributed by atoms with Crippen molar-refractivity contribution in [3.63, 3.8) is 0 Å². The number of carboxylic acids is 1. The van der Waals surface area contributed by atoms with Gasteiger partial charge in [-0.05, 0) is 31.5 Å². The van der Waals surface area contributed by atoms with Crippen LogP contribution in [0.4, 0.5) is 0 Å². The van der Waals surface area contributed by atoms with Gasteiger partial charge < -0.3 is 5.11 Å². The molecule has 0 spiro atoms. The lowest BCUT2D eigenvalue weighted by atomic mass is 10.1. The zero-order valence-electron chi connectivity index (χ0n) is 11.2. The van der Waals surface area contributed by atoms with Gasteiger partial charge in [-0.3, -0.25) is 9.48 Å². The molecule has 0 radical (unpaired) electrons. The monoisotopic (exact) mass is 356 g/mol. The van der Waals surface area contributed by atoms with Gasteiger partial charge in [0.2, 0.25) is 0 Å². The summed E-state index contributed by atoms with van der Waals surface area (Å²) >= 11 is 9.56. The van der Waals surface area contributed by atoms with Crippen LogP contribution in [0.5, 0.6) is 0 Å². The lowest BCUT2D eigenvalue weighted by molar-refractivity contribution is -0.136. The van der Waals surface area contributed by atoms with E-state index in [2.05, 4.69) is 21.0 Å². The SMILES string of the molecule is Cc1nn(Cc2ccc(Br)cc2Cl)c(C)c1CC(=O)O. The van der Waals surface area contributed by atoms with Crippen LogP contribution in [0.25, 0.3) is 0 Å². The Morgan fingerprint density at radius 2 is 2.15 bits per heavy atom. The van der Waals surface area contributed by atoms with Crippen molar-refractivity contribution in [2.45, 2.75) is 26.8 Å². The van der Waals surface area contributed by atoms with Crippen LogP contribution < -0.4 is 0 Å². The van der Waals surface area contributed by atoms with Gasteiger partial charge >= 0.3 is 5.97 Å². The normalized spacial score (nSPS) is 10.8. The van der Waals surface area contributed by atoms with Crippen LogP contribution in [0.1, 0.15) is 22.5 Å². The molecule has 0 amide bonds. The van der Waals surface area contributed by atoms with Crippen molar-refractivity contribution in [1.82, 2.24) is 9.78 Å². The van der Waals surface area contributed by atoms with E-state index in [0.29, 0.717) is 11.6 Å². The van der Waals surface area contributed by atoms with E-state index >= 15 is 0 Å². The third kappa shape index (κ3) is 3.22. The van der Waals surface area contributed by atoms with Crippen molar-refractivity contribution in [2.75, 3.05) is 0 Å². The molecule has 0 saturated carbocycles. The number of carboxylic acid groups (broad SMARTS) is 1. The molecule has 1 N–H and O–H groups in total. The number of carbonyl (C=O) groups is 1. The first kappa shape index (κ1) is 15.1. The predicted molar refractivity (Wildman–Crippen MR) is 81.3 cm³/mol. The highest BCUT2D eigenvalue weighted by molar-refractivity contribution is 9.10. The summed E-state index contributed by atoms with van der Waals surface area (Å²) in [5, 5.41) is 14.0. The maximum absolute atomic E-state index is 10.9. The first-order valence-corrected chi connectivity index (χ1v) is 7.24. The van der Waals surface area contributed by atoms with Gasteiger partial charge in [-0.2, -0.15) is 5.10 Å². The van der Waals surface area contributed by atoms with E-state index < -0.39 is 5.97 Å². The van der Waals surface area contributed by atoms with Crippen LogP contribution >= 0.6 is 27.5 Å². The van der Waals surface area contributed by atoms with E-state index in [1.165, 1.54) is 0 Å². The summed E-state index contributed by atoms with van der Waals surface area (Å²) in [7, 11) is 0. The number of hydrogen-bond donors (Lipinski definition) is 1. The average molecular weight is 358 g/mol. The van der Waals surface area contributed by atoms with E-state index in [4.69, 9.17) is 16.7 Å². The summed E-state index contributed by atoms with van der Waals surface area (Å²) in [6.45, 7) is 4.23. The molecule has 6 heteroatoms. The van der Waals surface area contributed by atoms with Crippen LogP contribution in [-0.4, -0.2) is 20.9 Å². The number of aryl methyl sites for hydroxylation is 1. The number of rotatable bonds is 4. The van der Waals surface area contributed by atoms with Gasteiger partial charge in [-0.1, -0.05) is 33.6 Å². The third-order valence-electron chi connectivity index (χ3n) is 3.19. The maximum atomic E-state index is 10.9. The second kappa shape index (κ2) is 5.97. The maximum Gasteiger partial charge on any atom is 0.307 e. The van der Waals surface area contributed by atoms with E-state index in [0.717, 1.165) is 27.0 Å². The molecule has 1 aromatic heterocycles. The fourth-order valence-corrected chi connectivity index (χ4v) is 2.84. The molecule has 1 heterocycles. The highest BCUT2D eigenvalue weighted by Crippen LogP contribution is 2.23. The van der Waals surface area contributed by atoms with Crippen molar-refractivity contribution in [3.8, 4) is 0 Å². The Hall–Kier alpha value is -1.33. The Labute approximate surface area is 130 Å². The number of aromatic nitrogens is 2. The molecule has 0 fully saturated rings. The lowest BCUT2D eigenvalue weighted by Crippen LogP contribution is -2.06. The minimum absolute atomic E-state index is 0.00820. The van der Waals surface area contributed by atoms with Gasteiger partial charge in [0.25, 0.3) is 0 Å².